The van der Waals surface area contributed by atoms with Crippen LogP contribution in [0, 0.1) is 17.5 Å². The summed E-state index contributed by atoms with van der Waals surface area (Å²) in [4.78, 5) is 12.8. The summed E-state index contributed by atoms with van der Waals surface area (Å²) in [6, 6.07) is 6.26. The molecule has 0 atom stereocenters. The second-order valence-corrected chi connectivity index (χ2v) is 6.73. The molecule has 2 rings (SSSR count). The Morgan fingerprint density at radius 2 is 1.54 bits per heavy atom. The number of carbonyl (C=O) groups is 1. The van der Waals surface area contributed by atoms with E-state index in [2.05, 4.69) is 0 Å². The minimum Gasteiger partial charge on any atom is -0.345 e. The summed E-state index contributed by atoms with van der Waals surface area (Å²) in [7, 11) is -1.15. The summed E-state index contributed by atoms with van der Waals surface area (Å²) in [6.45, 7) is 0. The summed E-state index contributed by atoms with van der Waals surface area (Å²) in [5.41, 5.74) is -0.458. The first-order valence-electron chi connectivity index (χ1n) is 6.61. The molecule has 2 aromatic carbocycles. The van der Waals surface area contributed by atoms with Gasteiger partial charge in [0, 0.05) is 19.7 Å². The topological polar surface area (TPSA) is 66.5 Å². The molecule has 0 unspecified atom stereocenters. The lowest BCUT2D eigenvalue weighted by atomic mass is 10.2. The van der Waals surface area contributed by atoms with E-state index in [9.17, 15) is 26.4 Å². The van der Waals surface area contributed by atoms with Gasteiger partial charge in [0.15, 0.2) is 17.5 Å². The fourth-order valence-corrected chi connectivity index (χ4v) is 2.90. The summed E-state index contributed by atoms with van der Waals surface area (Å²) in [5.74, 6) is -5.17. The summed E-state index contributed by atoms with van der Waals surface area (Å²) >= 11 is 0. The predicted octanol–water partition coefficient (Wildman–Crippen LogP) is 2.61. The Kier molecular flexibility index (Phi) is 4.83. The van der Waals surface area contributed by atoms with Gasteiger partial charge in [-0.3, -0.25) is 9.52 Å². The molecule has 0 saturated carbocycles. The molecule has 0 heterocycles. The number of sulfonamides is 1. The van der Waals surface area contributed by atoms with Gasteiger partial charge in [-0.15, -0.1) is 0 Å². The van der Waals surface area contributed by atoms with Gasteiger partial charge in [0.05, 0.1) is 10.6 Å². The van der Waals surface area contributed by atoms with Gasteiger partial charge >= 0.3 is 0 Å². The molecule has 0 bridgehead atoms. The van der Waals surface area contributed by atoms with Crippen molar-refractivity contribution in [1.29, 1.82) is 0 Å². The van der Waals surface area contributed by atoms with E-state index in [-0.39, 0.29) is 16.4 Å². The van der Waals surface area contributed by atoms with Crippen LogP contribution in [0.5, 0.6) is 0 Å². The number of nitrogens with one attached hydrogen (secondary N) is 1. The van der Waals surface area contributed by atoms with Crippen LogP contribution in [0.1, 0.15) is 10.4 Å². The molecule has 0 aliphatic heterocycles. The second kappa shape index (κ2) is 6.52. The molecule has 0 fully saturated rings. The molecule has 128 valence electrons. The van der Waals surface area contributed by atoms with Crippen LogP contribution in [0.25, 0.3) is 0 Å². The SMILES string of the molecule is CN(C)C(=O)c1ccc(S(=O)(=O)Nc2ccc(F)c(F)c2F)cc1. The highest BCUT2D eigenvalue weighted by atomic mass is 32.2. The first-order valence-corrected chi connectivity index (χ1v) is 8.10. The van der Waals surface area contributed by atoms with Gasteiger partial charge in [-0.1, -0.05) is 0 Å². The van der Waals surface area contributed by atoms with Crippen LogP contribution in [0.2, 0.25) is 0 Å². The summed E-state index contributed by atoms with van der Waals surface area (Å²) in [6.07, 6.45) is 0. The maximum absolute atomic E-state index is 13.6. The van der Waals surface area contributed by atoms with E-state index in [4.69, 9.17) is 0 Å². The summed E-state index contributed by atoms with van der Waals surface area (Å²) in [5, 5.41) is 0. The van der Waals surface area contributed by atoms with Crippen LogP contribution in [0.3, 0.4) is 0 Å². The maximum atomic E-state index is 13.6. The average molecular weight is 358 g/mol. The van der Waals surface area contributed by atoms with Crippen molar-refractivity contribution >= 4 is 21.6 Å². The lowest BCUT2D eigenvalue weighted by Gasteiger charge is -2.12. The van der Waals surface area contributed by atoms with Crippen LogP contribution >= 0.6 is 0 Å². The van der Waals surface area contributed by atoms with Crippen LogP contribution in [-0.4, -0.2) is 33.3 Å². The molecule has 0 saturated heterocycles. The number of nitrogens with zero attached hydrogens (tertiary/aromatic N) is 1. The third-order valence-corrected chi connectivity index (χ3v) is 4.48. The number of hydrogen-bond acceptors (Lipinski definition) is 3. The number of hydrogen-bond donors (Lipinski definition) is 1. The van der Waals surface area contributed by atoms with E-state index < -0.39 is 33.2 Å². The smallest absolute Gasteiger partial charge is 0.261 e. The van der Waals surface area contributed by atoms with Crippen LogP contribution < -0.4 is 4.72 Å². The number of carbonyl (C=O) groups excluding carboxylic acids is 1. The quantitative estimate of drug-likeness (QED) is 0.855. The predicted molar refractivity (Wildman–Crippen MR) is 81.6 cm³/mol. The van der Waals surface area contributed by atoms with Crippen molar-refractivity contribution < 1.29 is 26.4 Å². The number of halogens is 3. The molecule has 0 aliphatic rings. The Bertz CT molecular complexity index is 882. The molecule has 1 amide bonds. The Labute approximate surface area is 136 Å². The Morgan fingerprint density at radius 3 is 2.08 bits per heavy atom. The molecule has 2 aromatic rings. The van der Waals surface area contributed by atoms with Crippen LogP contribution in [0.4, 0.5) is 18.9 Å². The van der Waals surface area contributed by atoms with Gasteiger partial charge in [-0.2, -0.15) is 0 Å². The zero-order chi connectivity index (χ0) is 18.1. The maximum Gasteiger partial charge on any atom is 0.261 e. The van der Waals surface area contributed by atoms with Crippen LogP contribution in [-0.2, 0) is 10.0 Å². The molecule has 0 aromatic heterocycles. The molecule has 0 spiro atoms. The first-order chi connectivity index (χ1) is 11.1. The van der Waals surface area contributed by atoms with Crippen molar-refractivity contribution in [3.8, 4) is 0 Å². The molecular weight excluding hydrogens is 345 g/mol. The van der Waals surface area contributed by atoms with Crippen molar-refractivity contribution in [2.75, 3.05) is 18.8 Å². The number of amides is 1. The minimum atomic E-state index is -4.23. The van der Waals surface area contributed by atoms with E-state index in [1.165, 1.54) is 17.0 Å². The number of rotatable bonds is 4. The van der Waals surface area contributed by atoms with E-state index in [1.807, 2.05) is 4.72 Å². The Balaban J connectivity index is 2.31. The fourth-order valence-electron chi connectivity index (χ4n) is 1.84. The second-order valence-electron chi connectivity index (χ2n) is 5.05. The zero-order valence-electron chi connectivity index (χ0n) is 12.7. The van der Waals surface area contributed by atoms with Gasteiger partial charge < -0.3 is 4.90 Å². The molecule has 5 nitrogen and oxygen atoms in total. The Hall–Kier alpha value is -2.55. The monoisotopic (exact) mass is 358 g/mol. The average Bonchev–Trinajstić information content (AvgIpc) is 2.54. The molecular formula is C15H13F3N2O3S. The highest BCUT2D eigenvalue weighted by Gasteiger charge is 2.20. The lowest BCUT2D eigenvalue weighted by molar-refractivity contribution is 0.0827. The standard InChI is InChI=1S/C15H13F3N2O3S/c1-20(2)15(21)9-3-5-10(6-4-9)24(22,23)19-12-8-7-11(16)13(17)14(12)18/h3-8,19H,1-2H3. The molecule has 0 aliphatic carbocycles. The number of benzene rings is 2. The van der Waals surface area contributed by atoms with Gasteiger partial charge in [0.2, 0.25) is 0 Å². The lowest BCUT2D eigenvalue weighted by Crippen LogP contribution is -2.21. The molecule has 0 radical (unpaired) electrons. The normalized spacial score (nSPS) is 11.2. The van der Waals surface area contributed by atoms with E-state index in [1.54, 1.807) is 14.1 Å². The van der Waals surface area contributed by atoms with Gasteiger partial charge in [-0.05, 0) is 36.4 Å². The minimum absolute atomic E-state index is 0.262. The van der Waals surface area contributed by atoms with Crippen molar-refractivity contribution in [1.82, 2.24) is 4.90 Å². The highest BCUT2D eigenvalue weighted by Crippen LogP contribution is 2.23. The van der Waals surface area contributed by atoms with E-state index in [0.717, 1.165) is 18.2 Å². The van der Waals surface area contributed by atoms with Crippen LogP contribution in [0.15, 0.2) is 41.3 Å². The molecule has 9 heteroatoms. The largest absolute Gasteiger partial charge is 0.345 e. The van der Waals surface area contributed by atoms with Gasteiger partial charge in [0.1, 0.15) is 0 Å². The van der Waals surface area contributed by atoms with Crippen molar-refractivity contribution in [3.05, 3.63) is 59.4 Å². The molecule has 1 N–H and O–H groups in total. The third kappa shape index (κ3) is 3.51. The molecule has 24 heavy (non-hydrogen) atoms. The Morgan fingerprint density at radius 1 is 0.958 bits per heavy atom. The summed E-state index contributed by atoms with van der Waals surface area (Å²) < 4.78 is 65.8. The van der Waals surface area contributed by atoms with Crippen molar-refractivity contribution in [2.45, 2.75) is 4.90 Å². The highest BCUT2D eigenvalue weighted by molar-refractivity contribution is 7.92. The van der Waals surface area contributed by atoms with E-state index in [0.29, 0.717) is 6.07 Å². The van der Waals surface area contributed by atoms with E-state index >= 15 is 0 Å². The number of anilines is 1. The zero-order valence-corrected chi connectivity index (χ0v) is 13.5. The van der Waals surface area contributed by atoms with Gasteiger partial charge in [-0.25, -0.2) is 21.6 Å². The van der Waals surface area contributed by atoms with Crippen molar-refractivity contribution in [2.24, 2.45) is 0 Å². The fraction of sp³-hybridized carbons (Fsp3) is 0.133. The first kappa shape index (κ1) is 17.8. The third-order valence-electron chi connectivity index (χ3n) is 3.10. The van der Waals surface area contributed by atoms with Crippen molar-refractivity contribution in [3.63, 3.8) is 0 Å². The van der Waals surface area contributed by atoms with Gasteiger partial charge in [0.25, 0.3) is 15.9 Å².